The van der Waals surface area contributed by atoms with Crippen LogP contribution in [0.15, 0.2) is 30.5 Å². The Morgan fingerprint density at radius 1 is 0.769 bits per heavy atom. The number of aromatic amines is 1. The fraction of sp³-hybridized carbons (Fsp3) is 0.348. The van der Waals surface area contributed by atoms with E-state index in [4.69, 9.17) is 21.7 Å². The number of fused-ring (bicyclic) bond motifs is 1. The highest BCUT2D eigenvalue weighted by Crippen LogP contribution is 2.19. The molecule has 2 rings (SSSR count). The van der Waals surface area contributed by atoms with E-state index < -0.39 is 85.0 Å². The van der Waals surface area contributed by atoms with Crippen molar-refractivity contribution in [3.63, 3.8) is 0 Å². The molecule has 11 N–H and O–H groups in total. The zero-order chi connectivity index (χ0) is 29.3. The summed E-state index contributed by atoms with van der Waals surface area (Å²) in [4.78, 5) is 86.3. The van der Waals surface area contributed by atoms with E-state index in [1.54, 1.807) is 30.5 Å². The molecule has 0 radical (unpaired) electrons. The van der Waals surface area contributed by atoms with E-state index in [0.29, 0.717) is 16.5 Å². The number of carboxylic acid groups (broad SMARTS) is 3. The number of amides is 4. The van der Waals surface area contributed by atoms with E-state index in [1.165, 1.54) is 0 Å². The molecule has 0 bridgehead atoms. The Kier molecular flexibility index (Phi) is 10.5. The van der Waals surface area contributed by atoms with Gasteiger partial charge in [0.25, 0.3) is 0 Å². The summed E-state index contributed by atoms with van der Waals surface area (Å²) in [7, 11) is 0. The number of aromatic nitrogens is 1. The maximum Gasteiger partial charge on any atom is 0.326 e. The van der Waals surface area contributed by atoms with Crippen LogP contribution in [-0.2, 0) is 40.0 Å². The van der Waals surface area contributed by atoms with Crippen molar-refractivity contribution in [3.05, 3.63) is 36.0 Å². The minimum atomic E-state index is -1.88. The highest BCUT2D eigenvalue weighted by Gasteiger charge is 2.32. The molecule has 0 saturated heterocycles. The van der Waals surface area contributed by atoms with Gasteiger partial charge in [0.05, 0.1) is 25.3 Å². The summed E-state index contributed by atoms with van der Waals surface area (Å²) in [5, 5.41) is 34.2. The molecule has 1 heterocycles. The van der Waals surface area contributed by atoms with Gasteiger partial charge in [0.15, 0.2) is 0 Å². The van der Waals surface area contributed by atoms with Crippen LogP contribution < -0.4 is 27.4 Å². The minimum Gasteiger partial charge on any atom is -0.481 e. The van der Waals surface area contributed by atoms with Gasteiger partial charge in [0.2, 0.25) is 23.6 Å². The fourth-order valence-electron chi connectivity index (χ4n) is 3.62. The summed E-state index contributed by atoms with van der Waals surface area (Å²) >= 11 is 0. The van der Waals surface area contributed by atoms with Crippen LogP contribution in [0.1, 0.15) is 24.8 Å². The number of benzene rings is 1. The summed E-state index contributed by atoms with van der Waals surface area (Å²) in [6, 6.07) is 0.441. The highest BCUT2D eigenvalue weighted by molar-refractivity contribution is 5.97. The molecule has 4 atom stereocenters. The number of carboxylic acids is 3. The smallest absolute Gasteiger partial charge is 0.326 e. The van der Waals surface area contributed by atoms with E-state index in [2.05, 4.69) is 15.6 Å². The molecule has 4 unspecified atom stereocenters. The van der Waals surface area contributed by atoms with Crippen LogP contribution in [0.25, 0.3) is 10.9 Å². The second-order valence-electron chi connectivity index (χ2n) is 8.56. The van der Waals surface area contributed by atoms with Gasteiger partial charge < -0.3 is 47.7 Å². The quantitative estimate of drug-likeness (QED) is 0.111. The first-order chi connectivity index (χ1) is 18.3. The van der Waals surface area contributed by atoms with Crippen molar-refractivity contribution in [3.8, 4) is 0 Å². The number of primary amides is 1. The van der Waals surface area contributed by atoms with Crippen LogP contribution in [0.4, 0.5) is 0 Å². The Hall–Kier alpha value is -4.99. The molecule has 0 aliphatic carbocycles. The zero-order valence-corrected chi connectivity index (χ0v) is 20.4. The molecule has 0 spiro atoms. The zero-order valence-electron chi connectivity index (χ0n) is 20.4. The lowest BCUT2D eigenvalue weighted by molar-refractivity contribution is -0.147. The number of hydrogen-bond donors (Lipinski definition) is 9. The number of H-pyrrole nitrogens is 1. The summed E-state index contributed by atoms with van der Waals surface area (Å²) in [5.74, 6) is -8.83. The average molecular weight is 549 g/mol. The predicted molar refractivity (Wildman–Crippen MR) is 132 cm³/mol. The summed E-state index contributed by atoms with van der Waals surface area (Å²) in [6.45, 7) is 0. The number of hydrogen-bond acceptors (Lipinski definition) is 8. The largest absolute Gasteiger partial charge is 0.481 e. The number of carbonyl (C=O) groups is 7. The molecule has 16 heteroatoms. The molecule has 0 aliphatic heterocycles. The molecular weight excluding hydrogens is 520 g/mol. The van der Waals surface area contributed by atoms with E-state index in [0.717, 1.165) is 0 Å². The minimum absolute atomic E-state index is 0.164. The molecule has 1 aromatic heterocycles. The Balaban J connectivity index is 2.32. The third kappa shape index (κ3) is 9.12. The van der Waals surface area contributed by atoms with Crippen LogP contribution in [0.5, 0.6) is 0 Å². The standard InChI is InChI=1S/C23H28N6O10/c24-12(6-18(31)32)20(35)27-14(5-10-9-26-13-4-2-1-3-11(10)13)21(36)28-15(7-17(25)30)22(37)29-16(23(38)39)8-19(33)34/h1-4,9,12,14-16,26H,5-8,24H2,(H2,25,30)(H,27,35)(H,28,36)(H,29,37)(H,31,32)(H,33,34)(H,38,39). The molecule has 16 nitrogen and oxygen atoms in total. The van der Waals surface area contributed by atoms with Crippen molar-refractivity contribution < 1.29 is 48.9 Å². The summed E-state index contributed by atoms with van der Waals surface area (Å²) in [5.41, 5.74) is 12.0. The molecule has 210 valence electrons. The van der Waals surface area contributed by atoms with E-state index in [9.17, 15) is 38.7 Å². The van der Waals surface area contributed by atoms with Crippen molar-refractivity contribution >= 4 is 52.4 Å². The van der Waals surface area contributed by atoms with Gasteiger partial charge in [-0.15, -0.1) is 0 Å². The van der Waals surface area contributed by atoms with Crippen molar-refractivity contribution in [2.24, 2.45) is 11.5 Å². The van der Waals surface area contributed by atoms with Crippen molar-refractivity contribution in [2.75, 3.05) is 0 Å². The van der Waals surface area contributed by atoms with Gasteiger partial charge in [-0.05, 0) is 11.6 Å². The molecule has 39 heavy (non-hydrogen) atoms. The third-order valence-corrected chi connectivity index (χ3v) is 5.49. The maximum atomic E-state index is 13.2. The van der Waals surface area contributed by atoms with Crippen LogP contribution in [-0.4, -0.2) is 86.0 Å². The SMILES string of the molecule is NC(=O)CC(NC(=O)C(Cc1c[nH]c2ccccc12)NC(=O)C(N)CC(=O)O)C(=O)NC(CC(=O)O)C(=O)O. The first kappa shape index (κ1) is 30.2. The molecular formula is C23H28N6O10. The van der Waals surface area contributed by atoms with Gasteiger partial charge in [-0.25, -0.2) is 4.79 Å². The van der Waals surface area contributed by atoms with Gasteiger partial charge in [0.1, 0.15) is 18.1 Å². The number of nitrogens with two attached hydrogens (primary N) is 2. The third-order valence-electron chi connectivity index (χ3n) is 5.49. The molecule has 0 aliphatic rings. The second kappa shape index (κ2) is 13.5. The van der Waals surface area contributed by atoms with Crippen molar-refractivity contribution in [1.82, 2.24) is 20.9 Å². The second-order valence-corrected chi connectivity index (χ2v) is 8.56. The van der Waals surface area contributed by atoms with Crippen LogP contribution >= 0.6 is 0 Å². The Morgan fingerprint density at radius 2 is 1.33 bits per heavy atom. The van der Waals surface area contributed by atoms with Gasteiger partial charge in [-0.2, -0.15) is 0 Å². The van der Waals surface area contributed by atoms with E-state index in [1.807, 2.05) is 5.32 Å². The number of rotatable bonds is 15. The summed E-state index contributed by atoms with van der Waals surface area (Å²) in [6.07, 6.45) is -1.10. The lowest BCUT2D eigenvalue weighted by atomic mass is 10.0. The fourth-order valence-corrected chi connectivity index (χ4v) is 3.62. The van der Waals surface area contributed by atoms with Crippen LogP contribution in [0.2, 0.25) is 0 Å². The molecule has 1 aromatic carbocycles. The average Bonchev–Trinajstić information content (AvgIpc) is 3.24. The summed E-state index contributed by atoms with van der Waals surface area (Å²) < 4.78 is 0. The van der Waals surface area contributed by atoms with Gasteiger partial charge >= 0.3 is 17.9 Å². The number of nitrogens with one attached hydrogen (secondary N) is 4. The van der Waals surface area contributed by atoms with E-state index in [-0.39, 0.29) is 6.42 Å². The van der Waals surface area contributed by atoms with Crippen LogP contribution in [0, 0.1) is 0 Å². The lowest BCUT2D eigenvalue weighted by Crippen LogP contribution is -2.58. The Labute approximate surface area is 220 Å². The van der Waals surface area contributed by atoms with Crippen molar-refractivity contribution in [2.45, 2.75) is 49.9 Å². The normalized spacial score (nSPS) is 13.9. The first-order valence-corrected chi connectivity index (χ1v) is 11.4. The van der Waals surface area contributed by atoms with E-state index >= 15 is 0 Å². The maximum absolute atomic E-state index is 13.2. The number of aliphatic carboxylic acids is 3. The molecule has 0 saturated carbocycles. The van der Waals surface area contributed by atoms with Crippen molar-refractivity contribution in [1.29, 1.82) is 0 Å². The van der Waals surface area contributed by atoms with Gasteiger partial charge in [0, 0.05) is 23.5 Å². The monoisotopic (exact) mass is 548 g/mol. The topological polar surface area (TPSA) is 284 Å². The van der Waals surface area contributed by atoms with Crippen LogP contribution in [0.3, 0.4) is 0 Å². The number of para-hydroxylation sites is 1. The molecule has 2 aromatic rings. The van der Waals surface area contributed by atoms with Gasteiger partial charge in [-0.3, -0.25) is 28.8 Å². The highest BCUT2D eigenvalue weighted by atomic mass is 16.4. The lowest BCUT2D eigenvalue weighted by Gasteiger charge is -2.24. The number of carbonyl (C=O) groups excluding carboxylic acids is 4. The Bertz CT molecular complexity index is 1280. The first-order valence-electron chi connectivity index (χ1n) is 11.4. The Morgan fingerprint density at radius 3 is 1.92 bits per heavy atom. The molecule has 4 amide bonds. The predicted octanol–water partition coefficient (Wildman–Crippen LogP) is -2.60. The molecule has 0 fully saturated rings. The van der Waals surface area contributed by atoms with Gasteiger partial charge in [-0.1, -0.05) is 18.2 Å².